The highest BCUT2D eigenvalue weighted by molar-refractivity contribution is 6.34. The van der Waals surface area contributed by atoms with Crippen molar-refractivity contribution in [2.24, 2.45) is 0 Å². The van der Waals surface area contributed by atoms with Crippen LogP contribution in [0.3, 0.4) is 0 Å². The van der Waals surface area contributed by atoms with Crippen molar-refractivity contribution in [3.8, 4) is 11.1 Å². The third-order valence-corrected chi connectivity index (χ3v) is 2.86. The molecule has 78 valence electrons. The highest BCUT2D eigenvalue weighted by Gasteiger charge is 2.11. The molecule has 0 fully saturated rings. The first-order valence-electron chi connectivity index (χ1n) is 4.65. The minimum atomic E-state index is 0.543. The molecule has 0 bridgehead atoms. The number of nitrogens with zero attached hydrogens (tertiary/aromatic N) is 1. The van der Waals surface area contributed by atoms with Crippen molar-refractivity contribution in [3.63, 3.8) is 0 Å². The minimum absolute atomic E-state index is 0.543. The molecule has 15 heavy (non-hydrogen) atoms. The molecule has 0 unspecified atom stereocenters. The molecular weight excluding hydrogens is 210 g/mol. The average molecular weight is 222 g/mol. The fraction of sp³-hybridized carbons (Fsp3) is 0.182. The Kier molecular flexibility index (Phi) is 2.40. The topological polar surface area (TPSA) is 54.7 Å². The lowest BCUT2D eigenvalue weighted by Gasteiger charge is -2.07. The van der Waals surface area contributed by atoms with Crippen molar-refractivity contribution in [2.75, 3.05) is 5.73 Å². The lowest BCUT2D eigenvalue weighted by Crippen LogP contribution is -1.90. The number of nitrogen functional groups attached to an aromatic ring is 1. The van der Waals surface area contributed by atoms with Crippen LogP contribution in [0.2, 0.25) is 5.02 Å². The summed E-state index contributed by atoms with van der Waals surface area (Å²) in [6.45, 7) is 4.01. The second-order valence-corrected chi connectivity index (χ2v) is 4.02. The van der Waals surface area contributed by atoms with Gasteiger partial charge in [-0.1, -0.05) is 23.2 Å². The molecule has 0 amide bonds. The molecule has 0 aliphatic carbocycles. The summed E-state index contributed by atoms with van der Waals surface area (Å²) < 4.78 is 0. The standard InChI is InChI=1S/C11H12ClN3/c1-6-3-7(2)10(12)8(4-6)9-5-14-15-11(9)13/h3-5H,1-2H3,(H3,13,14,15). The molecule has 0 aliphatic rings. The smallest absolute Gasteiger partial charge is 0.126 e. The predicted octanol–water partition coefficient (Wildman–Crippen LogP) is 2.93. The van der Waals surface area contributed by atoms with Gasteiger partial charge in [-0.25, -0.2) is 0 Å². The van der Waals surface area contributed by atoms with Crippen LogP contribution in [0.4, 0.5) is 5.82 Å². The van der Waals surface area contributed by atoms with Gasteiger partial charge in [0.05, 0.1) is 11.2 Å². The van der Waals surface area contributed by atoms with Gasteiger partial charge in [0.25, 0.3) is 0 Å². The van der Waals surface area contributed by atoms with E-state index in [4.69, 9.17) is 17.3 Å². The lowest BCUT2D eigenvalue weighted by atomic mass is 10.0. The molecule has 0 spiro atoms. The van der Waals surface area contributed by atoms with E-state index in [0.29, 0.717) is 5.82 Å². The molecule has 0 saturated heterocycles. The second kappa shape index (κ2) is 3.59. The third-order valence-electron chi connectivity index (χ3n) is 2.36. The van der Waals surface area contributed by atoms with Gasteiger partial charge in [-0.15, -0.1) is 0 Å². The van der Waals surface area contributed by atoms with Crippen LogP contribution >= 0.6 is 11.6 Å². The predicted molar refractivity (Wildman–Crippen MR) is 62.9 cm³/mol. The maximum atomic E-state index is 6.23. The molecule has 0 atom stereocenters. The average Bonchev–Trinajstić information content (AvgIpc) is 2.58. The Labute approximate surface area is 93.3 Å². The number of nitrogens with two attached hydrogens (primary N) is 1. The lowest BCUT2D eigenvalue weighted by molar-refractivity contribution is 1.10. The highest BCUT2D eigenvalue weighted by Crippen LogP contribution is 2.33. The Morgan fingerprint density at radius 2 is 2.00 bits per heavy atom. The largest absolute Gasteiger partial charge is 0.384 e. The van der Waals surface area contributed by atoms with Gasteiger partial charge in [-0.05, 0) is 25.5 Å². The number of benzene rings is 1. The van der Waals surface area contributed by atoms with E-state index in [-0.39, 0.29) is 0 Å². The number of aromatic amines is 1. The summed E-state index contributed by atoms with van der Waals surface area (Å²) >= 11 is 6.23. The number of nitrogens with one attached hydrogen (secondary N) is 1. The molecule has 1 aromatic heterocycles. The van der Waals surface area contributed by atoms with Crippen molar-refractivity contribution in [1.82, 2.24) is 10.2 Å². The summed E-state index contributed by atoms with van der Waals surface area (Å²) in [7, 11) is 0. The van der Waals surface area contributed by atoms with Gasteiger partial charge < -0.3 is 5.73 Å². The Morgan fingerprint density at radius 3 is 2.60 bits per heavy atom. The fourth-order valence-electron chi connectivity index (χ4n) is 1.66. The molecule has 2 aromatic rings. The Morgan fingerprint density at radius 1 is 1.27 bits per heavy atom. The van der Waals surface area contributed by atoms with Gasteiger partial charge in [0, 0.05) is 11.1 Å². The zero-order valence-electron chi connectivity index (χ0n) is 8.63. The first-order valence-corrected chi connectivity index (χ1v) is 5.03. The van der Waals surface area contributed by atoms with E-state index in [9.17, 15) is 0 Å². The number of hydrogen-bond donors (Lipinski definition) is 2. The summed E-state index contributed by atoms with van der Waals surface area (Å²) in [4.78, 5) is 0. The number of aryl methyl sites for hydroxylation is 2. The van der Waals surface area contributed by atoms with Crippen molar-refractivity contribution in [1.29, 1.82) is 0 Å². The number of halogens is 1. The van der Waals surface area contributed by atoms with Gasteiger partial charge in [0.15, 0.2) is 0 Å². The maximum Gasteiger partial charge on any atom is 0.126 e. The monoisotopic (exact) mass is 221 g/mol. The van der Waals surface area contributed by atoms with Crippen molar-refractivity contribution in [3.05, 3.63) is 34.5 Å². The number of aromatic nitrogens is 2. The third kappa shape index (κ3) is 1.70. The summed E-state index contributed by atoms with van der Waals surface area (Å²) in [5.74, 6) is 0.543. The number of anilines is 1. The molecule has 1 aromatic carbocycles. The molecule has 0 radical (unpaired) electrons. The molecule has 0 saturated carbocycles. The van der Waals surface area contributed by atoms with E-state index in [1.54, 1.807) is 6.20 Å². The number of rotatable bonds is 1. The second-order valence-electron chi connectivity index (χ2n) is 3.64. The van der Waals surface area contributed by atoms with Crippen molar-refractivity contribution >= 4 is 17.4 Å². The summed E-state index contributed by atoms with van der Waals surface area (Å²) in [5.41, 5.74) is 9.76. The molecule has 0 aliphatic heterocycles. The van der Waals surface area contributed by atoms with Crippen LogP contribution in [0.1, 0.15) is 11.1 Å². The van der Waals surface area contributed by atoms with Crippen LogP contribution in [-0.4, -0.2) is 10.2 Å². The van der Waals surface area contributed by atoms with E-state index < -0.39 is 0 Å². The van der Waals surface area contributed by atoms with Crippen LogP contribution in [0.25, 0.3) is 11.1 Å². The quantitative estimate of drug-likeness (QED) is 0.778. The maximum absolute atomic E-state index is 6.23. The van der Waals surface area contributed by atoms with Gasteiger partial charge in [-0.2, -0.15) is 5.10 Å². The summed E-state index contributed by atoms with van der Waals surface area (Å²) in [6, 6.07) is 4.05. The number of H-pyrrole nitrogens is 1. The van der Waals surface area contributed by atoms with E-state index in [2.05, 4.69) is 10.2 Å². The van der Waals surface area contributed by atoms with E-state index >= 15 is 0 Å². The zero-order valence-corrected chi connectivity index (χ0v) is 9.39. The molecule has 3 N–H and O–H groups in total. The summed E-state index contributed by atoms with van der Waals surface area (Å²) in [6.07, 6.45) is 1.69. The van der Waals surface area contributed by atoms with E-state index in [1.807, 2.05) is 26.0 Å². The van der Waals surface area contributed by atoms with Gasteiger partial charge in [0.2, 0.25) is 0 Å². The number of hydrogen-bond acceptors (Lipinski definition) is 2. The van der Waals surface area contributed by atoms with Crippen LogP contribution in [-0.2, 0) is 0 Å². The SMILES string of the molecule is Cc1cc(C)c(Cl)c(-c2cn[nH]c2N)c1. The Hall–Kier alpha value is -1.48. The van der Waals surface area contributed by atoms with Crippen LogP contribution in [0.15, 0.2) is 18.3 Å². The normalized spacial score (nSPS) is 10.6. The zero-order chi connectivity index (χ0) is 11.0. The first kappa shape index (κ1) is 10.1. The van der Waals surface area contributed by atoms with Crippen LogP contribution in [0.5, 0.6) is 0 Å². The molecule has 4 heteroatoms. The fourth-order valence-corrected chi connectivity index (χ4v) is 1.87. The van der Waals surface area contributed by atoms with Crippen molar-refractivity contribution in [2.45, 2.75) is 13.8 Å². The van der Waals surface area contributed by atoms with Crippen LogP contribution < -0.4 is 5.73 Å². The van der Waals surface area contributed by atoms with Crippen molar-refractivity contribution < 1.29 is 0 Å². The van der Waals surface area contributed by atoms with E-state index in [1.165, 1.54) is 0 Å². The summed E-state index contributed by atoms with van der Waals surface area (Å²) in [5, 5.41) is 7.32. The molecule has 1 heterocycles. The van der Waals surface area contributed by atoms with Gasteiger partial charge in [0.1, 0.15) is 5.82 Å². The van der Waals surface area contributed by atoms with Gasteiger partial charge in [-0.3, -0.25) is 5.10 Å². The van der Waals surface area contributed by atoms with Crippen LogP contribution in [0, 0.1) is 13.8 Å². The first-order chi connectivity index (χ1) is 7.09. The molecule has 3 nitrogen and oxygen atoms in total. The highest BCUT2D eigenvalue weighted by atomic mass is 35.5. The Balaban J connectivity index is 2.68. The molecular formula is C11H12ClN3. The van der Waals surface area contributed by atoms with E-state index in [0.717, 1.165) is 27.3 Å². The Bertz CT molecular complexity index is 503. The minimum Gasteiger partial charge on any atom is -0.384 e. The van der Waals surface area contributed by atoms with Gasteiger partial charge >= 0.3 is 0 Å². The molecule has 2 rings (SSSR count).